The monoisotopic (exact) mass is 250 g/mol. The van der Waals surface area contributed by atoms with E-state index in [1.165, 1.54) is 6.07 Å². The molecule has 1 aromatic rings. The van der Waals surface area contributed by atoms with E-state index in [1.807, 2.05) is 0 Å². The third-order valence-electron chi connectivity index (χ3n) is 3.62. The first-order chi connectivity index (χ1) is 8.70. The van der Waals surface area contributed by atoms with Gasteiger partial charge in [-0.05, 0) is 36.9 Å². The van der Waals surface area contributed by atoms with Crippen molar-refractivity contribution in [2.45, 2.75) is 31.7 Å². The molecule has 0 saturated heterocycles. The number of hydrogen-bond donors (Lipinski definition) is 2. The van der Waals surface area contributed by atoms with E-state index in [0.29, 0.717) is 18.0 Å². The summed E-state index contributed by atoms with van der Waals surface area (Å²) in [5, 5.41) is 2.97. The highest BCUT2D eigenvalue weighted by Crippen LogP contribution is 2.24. The van der Waals surface area contributed by atoms with Crippen LogP contribution in [0.5, 0.6) is 0 Å². The Kier molecular flexibility index (Phi) is 4.31. The van der Waals surface area contributed by atoms with Crippen molar-refractivity contribution < 1.29 is 9.18 Å². The van der Waals surface area contributed by atoms with Gasteiger partial charge in [0, 0.05) is 6.04 Å². The van der Waals surface area contributed by atoms with E-state index >= 15 is 0 Å². The van der Waals surface area contributed by atoms with Gasteiger partial charge in [-0.3, -0.25) is 4.79 Å². The summed E-state index contributed by atoms with van der Waals surface area (Å²) in [5.74, 6) is -0.0746. The topological polar surface area (TPSA) is 55.1 Å². The fourth-order valence-electron chi connectivity index (χ4n) is 2.58. The molecule has 1 aromatic carbocycles. The second-order valence-electron chi connectivity index (χ2n) is 4.87. The average Bonchev–Trinajstić information content (AvgIpc) is 2.79. The molecular weight excluding hydrogens is 231 g/mol. The van der Waals surface area contributed by atoms with Crippen LogP contribution in [0.15, 0.2) is 24.3 Å². The van der Waals surface area contributed by atoms with Gasteiger partial charge in [-0.1, -0.05) is 24.6 Å². The lowest BCUT2D eigenvalue weighted by Gasteiger charge is -2.19. The molecule has 1 aliphatic carbocycles. The second-order valence-corrected chi connectivity index (χ2v) is 4.87. The van der Waals surface area contributed by atoms with Gasteiger partial charge in [-0.2, -0.15) is 0 Å². The summed E-state index contributed by atoms with van der Waals surface area (Å²) in [5.41, 5.74) is 6.11. The minimum absolute atomic E-state index is 0.0977. The first-order valence-corrected chi connectivity index (χ1v) is 6.43. The number of nitrogens with one attached hydrogen (secondary N) is 1. The Bertz CT molecular complexity index is 422. The molecule has 1 fully saturated rings. The van der Waals surface area contributed by atoms with Crippen molar-refractivity contribution in [2.75, 3.05) is 6.54 Å². The Labute approximate surface area is 107 Å². The van der Waals surface area contributed by atoms with Crippen LogP contribution in [0.3, 0.4) is 0 Å². The normalized spacial score (nSPS) is 23.0. The first kappa shape index (κ1) is 13.0. The van der Waals surface area contributed by atoms with Gasteiger partial charge < -0.3 is 11.1 Å². The maximum atomic E-state index is 13.4. The Morgan fingerprint density at radius 2 is 2.17 bits per heavy atom. The van der Waals surface area contributed by atoms with E-state index in [4.69, 9.17) is 5.73 Å². The number of carbonyl (C=O) groups excluding carboxylic acids is 1. The predicted molar refractivity (Wildman–Crippen MR) is 68.4 cm³/mol. The van der Waals surface area contributed by atoms with Crippen LogP contribution >= 0.6 is 0 Å². The van der Waals surface area contributed by atoms with Crippen molar-refractivity contribution in [2.24, 2.45) is 11.7 Å². The lowest BCUT2D eigenvalue weighted by molar-refractivity contribution is -0.121. The number of rotatable bonds is 4. The van der Waals surface area contributed by atoms with Gasteiger partial charge in [0.1, 0.15) is 5.82 Å². The summed E-state index contributed by atoms with van der Waals surface area (Å²) in [6.45, 7) is 0.602. The Morgan fingerprint density at radius 1 is 1.39 bits per heavy atom. The Hall–Kier alpha value is -1.42. The fourth-order valence-corrected chi connectivity index (χ4v) is 2.58. The van der Waals surface area contributed by atoms with Gasteiger partial charge in [0.25, 0.3) is 0 Å². The van der Waals surface area contributed by atoms with Gasteiger partial charge in [-0.15, -0.1) is 0 Å². The summed E-state index contributed by atoms with van der Waals surface area (Å²) in [7, 11) is 0. The van der Waals surface area contributed by atoms with Gasteiger partial charge in [-0.25, -0.2) is 4.39 Å². The van der Waals surface area contributed by atoms with Crippen molar-refractivity contribution in [3.05, 3.63) is 35.6 Å². The molecule has 3 nitrogen and oxygen atoms in total. The highest BCUT2D eigenvalue weighted by atomic mass is 19.1. The highest BCUT2D eigenvalue weighted by Gasteiger charge is 2.27. The molecule has 1 saturated carbocycles. The lowest BCUT2D eigenvalue weighted by Crippen LogP contribution is -2.40. The molecular formula is C14H19FN2O. The van der Waals surface area contributed by atoms with Crippen LogP contribution in [-0.2, 0) is 11.2 Å². The van der Waals surface area contributed by atoms with Gasteiger partial charge in [0.2, 0.25) is 5.91 Å². The van der Waals surface area contributed by atoms with Crippen LogP contribution < -0.4 is 11.1 Å². The summed E-state index contributed by atoms with van der Waals surface area (Å²) in [6.07, 6.45) is 3.25. The molecule has 0 spiro atoms. The van der Waals surface area contributed by atoms with Crippen molar-refractivity contribution >= 4 is 5.91 Å². The average molecular weight is 250 g/mol. The van der Waals surface area contributed by atoms with Gasteiger partial charge >= 0.3 is 0 Å². The zero-order valence-corrected chi connectivity index (χ0v) is 10.4. The van der Waals surface area contributed by atoms with E-state index < -0.39 is 0 Å². The standard InChI is InChI=1S/C14H19FN2O/c15-12-6-2-1-4-10(12)8-14(18)17-13-7-3-5-11(13)9-16/h1-2,4,6,11,13H,3,5,7-9,16H2,(H,17,18). The molecule has 4 heteroatoms. The molecule has 18 heavy (non-hydrogen) atoms. The van der Waals surface area contributed by atoms with Crippen molar-refractivity contribution in [1.29, 1.82) is 0 Å². The summed E-state index contributed by atoms with van der Waals surface area (Å²) >= 11 is 0. The zero-order chi connectivity index (χ0) is 13.0. The van der Waals surface area contributed by atoms with Crippen LogP contribution in [0.2, 0.25) is 0 Å². The van der Waals surface area contributed by atoms with Gasteiger partial charge in [0.15, 0.2) is 0 Å². The molecule has 0 aliphatic heterocycles. The molecule has 2 rings (SSSR count). The lowest BCUT2D eigenvalue weighted by atomic mass is 10.0. The van der Waals surface area contributed by atoms with Crippen molar-refractivity contribution in [1.82, 2.24) is 5.32 Å². The number of halogens is 1. The fraction of sp³-hybridized carbons (Fsp3) is 0.500. The number of benzene rings is 1. The van der Waals surface area contributed by atoms with Gasteiger partial charge in [0.05, 0.1) is 6.42 Å². The molecule has 2 unspecified atom stereocenters. The van der Waals surface area contributed by atoms with Crippen LogP contribution in [0.25, 0.3) is 0 Å². The summed E-state index contributed by atoms with van der Waals surface area (Å²) < 4.78 is 13.4. The molecule has 2 atom stereocenters. The van der Waals surface area contributed by atoms with E-state index in [-0.39, 0.29) is 24.2 Å². The third-order valence-corrected chi connectivity index (χ3v) is 3.62. The maximum Gasteiger partial charge on any atom is 0.224 e. The molecule has 1 amide bonds. The number of amides is 1. The molecule has 0 aromatic heterocycles. The minimum atomic E-state index is -0.325. The highest BCUT2D eigenvalue weighted by molar-refractivity contribution is 5.79. The molecule has 98 valence electrons. The Balaban J connectivity index is 1.91. The number of hydrogen-bond acceptors (Lipinski definition) is 2. The van der Waals surface area contributed by atoms with Crippen LogP contribution in [-0.4, -0.2) is 18.5 Å². The third kappa shape index (κ3) is 3.07. The van der Waals surface area contributed by atoms with E-state index in [9.17, 15) is 9.18 Å². The first-order valence-electron chi connectivity index (χ1n) is 6.43. The SMILES string of the molecule is NCC1CCCC1NC(=O)Cc1ccccc1F. The number of carbonyl (C=O) groups is 1. The van der Waals surface area contributed by atoms with Crippen molar-refractivity contribution in [3.8, 4) is 0 Å². The second kappa shape index (κ2) is 5.96. The maximum absolute atomic E-state index is 13.4. The van der Waals surface area contributed by atoms with Crippen LogP contribution in [0.1, 0.15) is 24.8 Å². The zero-order valence-electron chi connectivity index (χ0n) is 10.4. The van der Waals surface area contributed by atoms with Crippen LogP contribution in [0, 0.1) is 11.7 Å². The quantitative estimate of drug-likeness (QED) is 0.853. The number of nitrogens with two attached hydrogens (primary N) is 1. The van der Waals surface area contributed by atoms with E-state index in [0.717, 1.165) is 19.3 Å². The van der Waals surface area contributed by atoms with Crippen molar-refractivity contribution in [3.63, 3.8) is 0 Å². The largest absolute Gasteiger partial charge is 0.353 e. The molecule has 0 bridgehead atoms. The Morgan fingerprint density at radius 3 is 2.89 bits per heavy atom. The predicted octanol–water partition coefficient (Wildman–Crippen LogP) is 1.61. The minimum Gasteiger partial charge on any atom is -0.353 e. The van der Waals surface area contributed by atoms with Crippen LogP contribution in [0.4, 0.5) is 4.39 Å². The summed E-state index contributed by atoms with van der Waals surface area (Å²) in [4.78, 5) is 11.9. The van der Waals surface area contributed by atoms with E-state index in [2.05, 4.69) is 5.32 Å². The molecule has 0 radical (unpaired) electrons. The smallest absolute Gasteiger partial charge is 0.224 e. The molecule has 0 heterocycles. The molecule has 3 N–H and O–H groups in total. The molecule has 1 aliphatic rings. The summed E-state index contributed by atoms with van der Waals surface area (Å²) in [6, 6.07) is 6.54. The van der Waals surface area contributed by atoms with E-state index in [1.54, 1.807) is 18.2 Å².